The zero-order chi connectivity index (χ0) is 9.97. The number of hydrogen-bond acceptors (Lipinski definition) is 1. The van der Waals surface area contributed by atoms with Crippen molar-refractivity contribution in [1.82, 2.24) is 4.90 Å². The summed E-state index contributed by atoms with van der Waals surface area (Å²) < 4.78 is 0. The molecular weight excluding hydrogens is 170 g/mol. The third-order valence-corrected chi connectivity index (χ3v) is 4.51. The number of likely N-dealkylation sites (tertiary alicyclic amines) is 1. The van der Waals surface area contributed by atoms with Crippen LogP contribution >= 0.6 is 0 Å². The van der Waals surface area contributed by atoms with E-state index in [2.05, 4.69) is 18.7 Å². The van der Waals surface area contributed by atoms with Crippen LogP contribution in [0.1, 0.15) is 52.4 Å². The molecule has 1 saturated heterocycles. The Hall–Kier alpha value is -0.0400. The first kappa shape index (κ1) is 10.5. The lowest BCUT2D eigenvalue weighted by molar-refractivity contribution is 0.0875. The molecule has 2 atom stereocenters. The van der Waals surface area contributed by atoms with Gasteiger partial charge >= 0.3 is 0 Å². The van der Waals surface area contributed by atoms with Crippen LogP contribution in [-0.4, -0.2) is 24.0 Å². The Labute approximate surface area is 88.9 Å². The van der Waals surface area contributed by atoms with Gasteiger partial charge in [0.2, 0.25) is 0 Å². The first-order chi connectivity index (χ1) is 6.81. The van der Waals surface area contributed by atoms with E-state index in [-0.39, 0.29) is 0 Å². The summed E-state index contributed by atoms with van der Waals surface area (Å²) in [6.45, 7) is 7.57. The van der Waals surface area contributed by atoms with E-state index in [1.165, 1.54) is 51.6 Å². The third kappa shape index (κ3) is 2.13. The van der Waals surface area contributed by atoms with Crippen molar-refractivity contribution in [2.24, 2.45) is 11.8 Å². The molecule has 0 aromatic rings. The van der Waals surface area contributed by atoms with Crippen molar-refractivity contribution in [3.63, 3.8) is 0 Å². The smallest absolute Gasteiger partial charge is 0.00953 e. The van der Waals surface area contributed by atoms with E-state index in [0.717, 1.165) is 17.9 Å². The van der Waals surface area contributed by atoms with Crippen molar-refractivity contribution in [3.05, 3.63) is 0 Å². The van der Waals surface area contributed by atoms with E-state index in [1.54, 1.807) is 0 Å². The minimum absolute atomic E-state index is 0.955. The summed E-state index contributed by atoms with van der Waals surface area (Å²) in [6.07, 6.45) is 8.73. The van der Waals surface area contributed by atoms with E-state index < -0.39 is 0 Å². The molecule has 82 valence electrons. The van der Waals surface area contributed by atoms with Gasteiger partial charge in [0.15, 0.2) is 0 Å². The molecule has 1 saturated carbocycles. The van der Waals surface area contributed by atoms with Crippen LogP contribution in [0.5, 0.6) is 0 Å². The van der Waals surface area contributed by atoms with E-state index in [9.17, 15) is 0 Å². The molecule has 0 spiro atoms. The summed E-state index contributed by atoms with van der Waals surface area (Å²) in [5, 5.41) is 0. The van der Waals surface area contributed by atoms with Crippen molar-refractivity contribution in [3.8, 4) is 0 Å². The van der Waals surface area contributed by atoms with Crippen LogP contribution in [0.15, 0.2) is 0 Å². The van der Waals surface area contributed by atoms with Gasteiger partial charge in [0.05, 0.1) is 0 Å². The number of rotatable bonds is 2. The van der Waals surface area contributed by atoms with Gasteiger partial charge in [-0.25, -0.2) is 0 Å². The molecule has 0 N–H and O–H groups in total. The van der Waals surface area contributed by atoms with Crippen LogP contribution in [0.25, 0.3) is 0 Å². The molecule has 0 radical (unpaired) electrons. The molecule has 0 aromatic carbocycles. The van der Waals surface area contributed by atoms with Crippen LogP contribution in [-0.2, 0) is 0 Å². The third-order valence-electron chi connectivity index (χ3n) is 4.51. The highest BCUT2D eigenvalue weighted by molar-refractivity contribution is 4.84. The van der Waals surface area contributed by atoms with E-state index in [4.69, 9.17) is 0 Å². The monoisotopic (exact) mass is 195 g/mol. The minimum Gasteiger partial charge on any atom is -0.300 e. The summed E-state index contributed by atoms with van der Waals surface area (Å²) in [5.74, 6) is 1.95. The fourth-order valence-electron chi connectivity index (χ4n) is 3.31. The molecular formula is C13H25N. The van der Waals surface area contributed by atoms with Gasteiger partial charge in [0.25, 0.3) is 0 Å². The molecule has 0 unspecified atom stereocenters. The van der Waals surface area contributed by atoms with Gasteiger partial charge in [0.1, 0.15) is 0 Å². The topological polar surface area (TPSA) is 3.24 Å². The van der Waals surface area contributed by atoms with E-state index in [1.807, 2.05) is 0 Å². The first-order valence-corrected chi connectivity index (χ1v) is 6.55. The first-order valence-electron chi connectivity index (χ1n) is 6.55. The predicted molar refractivity (Wildman–Crippen MR) is 61.4 cm³/mol. The molecule has 0 amide bonds. The summed E-state index contributed by atoms with van der Waals surface area (Å²) in [5.41, 5.74) is 0. The molecule has 1 nitrogen and oxygen atoms in total. The van der Waals surface area contributed by atoms with Crippen LogP contribution in [0.2, 0.25) is 0 Å². The van der Waals surface area contributed by atoms with Gasteiger partial charge in [0, 0.05) is 12.6 Å². The fourth-order valence-corrected chi connectivity index (χ4v) is 3.31. The average Bonchev–Trinajstić information content (AvgIpc) is 2.71. The van der Waals surface area contributed by atoms with Crippen molar-refractivity contribution < 1.29 is 0 Å². The zero-order valence-electron chi connectivity index (χ0n) is 9.84. The van der Waals surface area contributed by atoms with Gasteiger partial charge in [-0.05, 0) is 37.6 Å². The second-order valence-electron chi connectivity index (χ2n) is 5.37. The van der Waals surface area contributed by atoms with Gasteiger partial charge < -0.3 is 4.90 Å². The summed E-state index contributed by atoms with van der Waals surface area (Å²) in [4.78, 5) is 2.79. The van der Waals surface area contributed by atoms with Gasteiger partial charge in [-0.3, -0.25) is 0 Å². The summed E-state index contributed by atoms with van der Waals surface area (Å²) in [7, 11) is 0. The number of nitrogens with zero attached hydrogens (tertiary/aromatic N) is 1. The molecule has 0 bridgehead atoms. The van der Waals surface area contributed by atoms with Crippen LogP contribution in [0, 0.1) is 11.8 Å². The predicted octanol–water partition coefficient (Wildman–Crippen LogP) is 3.30. The maximum atomic E-state index is 2.79. The molecule has 2 aliphatic rings. The van der Waals surface area contributed by atoms with E-state index in [0.29, 0.717) is 0 Å². The molecule has 1 aliphatic carbocycles. The largest absolute Gasteiger partial charge is 0.300 e. The standard InChI is InChI=1S/C13H25N/c1-3-12-10-14(9-8-11(12)2)13-6-4-5-7-13/h11-13H,3-10H2,1-2H3/t11-,12-/m1/s1. The molecule has 14 heavy (non-hydrogen) atoms. The highest BCUT2D eigenvalue weighted by atomic mass is 15.2. The Morgan fingerprint density at radius 1 is 1.14 bits per heavy atom. The lowest BCUT2D eigenvalue weighted by atomic mass is 9.84. The normalized spacial score (nSPS) is 36.4. The molecule has 2 rings (SSSR count). The van der Waals surface area contributed by atoms with Crippen LogP contribution in [0.4, 0.5) is 0 Å². The molecule has 2 fully saturated rings. The Bertz CT molecular complexity index is 172. The van der Waals surface area contributed by atoms with Crippen molar-refractivity contribution in [2.75, 3.05) is 13.1 Å². The number of piperidine rings is 1. The van der Waals surface area contributed by atoms with Gasteiger partial charge in [-0.1, -0.05) is 33.1 Å². The second-order valence-corrected chi connectivity index (χ2v) is 5.37. The molecule has 0 aromatic heterocycles. The van der Waals surface area contributed by atoms with Gasteiger partial charge in [-0.15, -0.1) is 0 Å². The maximum Gasteiger partial charge on any atom is 0.00953 e. The Kier molecular flexibility index (Phi) is 3.48. The maximum absolute atomic E-state index is 2.79. The van der Waals surface area contributed by atoms with Crippen molar-refractivity contribution in [2.45, 2.75) is 58.4 Å². The lowest BCUT2D eigenvalue weighted by Crippen LogP contribution is -2.44. The fraction of sp³-hybridized carbons (Fsp3) is 1.00. The number of hydrogen-bond donors (Lipinski definition) is 0. The average molecular weight is 195 g/mol. The lowest BCUT2D eigenvalue weighted by Gasteiger charge is -2.40. The molecule has 1 heterocycles. The molecule has 1 heteroatoms. The SMILES string of the molecule is CC[C@@H]1CN(C2CCCC2)CC[C@H]1C. The highest BCUT2D eigenvalue weighted by Gasteiger charge is 2.30. The minimum atomic E-state index is 0.955. The quantitative estimate of drug-likeness (QED) is 0.653. The second kappa shape index (κ2) is 4.65. The Morgan fingerprint density at radius 2 is 1.86 bits per heavy atom. The Morgan fingerprint density at radius 3 is 2.50 bits per heavy atom. The molecule has 1 aliphatic heterocycles. The highest BCUT2D eigenvalue weighted by Crippen LogP contribution is 2.31. The van der Waals surface area contributed by atoms with Crippen molar-refractivity contribution in [1.29, 1.82) is 0 Å². The zero-order valence-corrected chi connectivity index (χ0v) is 9.84. The van der Waals surface area contributed by atoms with Crippen LogP contribution < -0.4 is 0 Å². The summed E-state index contributed by atoms with van der Waals surface area (Å²) in [6, 6.07) is 0.955. The van der Waals surface area contributed by atoms with Crippen molar-refractivity contribution >= 4 is 0 Å². The Balaban J connectivity index is 1.88. The summed E-state index contributed by atoms with van der Waals surface area (Å²) >= 11 is 0. The van der Waals surface area contributed by atoms with Gasteiger partial charge in [-0.2, -0.15) is 0 Å². The van der Waals surface area contributed by atoms with E-state index >= 15 is 0 Å². The van der Waals surface area contributed by atoms with Crippen LogP contribution in [0.3, 0.4) is 0 Å².